The van der Waals surface area contributed by atoms with Crippen LogP contribution in [0.5, 0.6) is 0 Å². The molecule has 0 bridgehead atoms. The highest BCUT2D eigenvalue weighted by Crippen LogP contribution is 2.17. The average molecular weight is 387 g/mol. The molecule has 0 aliphatic carbocycles. The molecule has 3 rings (SSSR count). The number of carbonyl (C=O) groups excluding carboxylic acids is 2. The summed E-state index contributed by atoms with van der Waals surface area (Å²) in [6, 6.07) is 6.00. The summed E-state index contributed by atoms with van der Waals surface area (Å²) < 4.78 is 14.8. The Hall–Kier alpha value is -2.74. The minimum absolute atomic E-state index is 0.0260. The Bertz CT molecular complexity index is 826. The Labute approximate surface area is 164 Å². The molecule has 2 aromatic rings. The first kappa shape index (κ1) is 20.0. The number of rotatable bonds is 6. The van der Waals surface area contributed by atoms with Gasteiger partial charge in [-0.25, -0.2) is 9.07 Å². The first-order chi connectivity index (χ1) is 13.5. The summed E-state index contributed by atoms with van der Waals surface area (Å²) in [6.45, 7) is 7.37. The Morgan fingerprint density at radius 3 is 2.46 bits per heavy atom. The molecule has 1 aliphatic rings. The fourth-order valence-corrected chi connectivity index (χ4v) is 3.26. The molecule has 1 N–H and O–H groups in total. The lowest BCUT2D eigenvalue weighted by atomic mass is 10.2. The molecule has 2 amide bonds. The molecule has 8 heteroatoms. The Kier molecular flexibility index (Phi) is 6.41. The third-order valence-corrected chi connectivity index (χ3v) is 4.91. The zero-order valence-electron chi connectivity index (χ0n) is 16.3. The summed E-state index contributed by atoms with van der Waals surface area (Å²) in [5, 5.41) is 7.17. The lowest BCUT2D eigenvalue weighted by molar-refractivity contribution is -0.122. The monoisotopic (exact) mass is 387 g/mol. The van der Waals surface area contributed by atoms with Gasteiger partial charge in [-0.15, -0.1) is 0 Å². The third-order valence-electron chi connectivity index (χ3n) is 4.91. The minimum atomic E-state index is -0.314. The van der Waals surface area contributed by atoms with Crippen molar-refractivity contribution < 1.29 is 14.0 Å². The SMILES string of the molecule is CCCNC(=O)CN1CCN(C(=O)c2cnn(-c3ccc(F)cc3)c2C)CC1. The van der Waals surface area contributed by atoms with Crippen LogP contribution in [0.1, 0.15) is 29.4 Å². The molecule has 2 heterocycles. The number of piperazine rings is 1. The minimum Gasteiger partial charge on any atom is -0.355 e. The van der Waals surface area contributed by atoms with Gasteiger partial charge >= 0.3 is 0 Å². The lowest BCUT2D eigenvalue weighted by Gasteiger charge is -2.34. The van der Waals surface area contributed by atoms with E-state index in [1.807, 2.05) is 13.8 Å². The molecule has 0 spiro atoms. The van der Waals surface area contributed by atoms with Crippen molar-refractivity contribution in [2.75, 3.05) is 39.3 Å². The summed E-state index contributed by atoms with van der Waals surface area (Å²) >= 11 is 0. The standard InChI is InChI=1S/C20H26FN5O2/c1-3-8-22-19(27)14-24-9-11-25(12-10-24)20(28)18-13-23-26(15(18)2)17-6-4-16(21)5-7-17/h4-7,13H,3,8-12,14H2,1-2H3,(H,22,27). The second-order valence-corrected chi connectivity index (χ2v) is 6.95. The van der Waals surface area contributed by atoms with E-state index in [1.54, 1.807) is 27.9 Å². The fourth-order valence-electron chi connectivity index (χ4n) is 3.26. The third kappa shape index (κ3) is 4.56. The molecule has 0 atom stereocenters. The van der Waals surface area contributed by atoms with Crippen molar-refractivity contribution in [3.8, 4) is 5.69 Å². The number of aromatic nitrogens is 2. The predicted octanol–water partition coefficient (Wildman–Crippen LogP) is 1.60. The van der Waals surface area contributed by atoms with Crippen molar-refractivity contribution in [2.45, 2.75) is 20.3 Å². The highest BCUT2D eigenvalue weighted by Gasteiger charge is 2.25. The largest absolute Gasteiger partial charge is 0.355 e. The van der Waals surface area contributed by atoms with Crippen molar-refractivity contribution in [2.24, 2.45) is 0 Å². The molecule has 28 heavy (non-hydrogen) atoms. The number of benzene rings is 1. The van der Waals surface area contributed by atoms with E-state index in [4.69, 9.17) is 0 Å². The second kappa shape index (κ2) is 8.97. The van der Waals surface area contributed by atoms with Gasteiger partial charge in [0.15, 0.2) is 0 Å². The van der Waals surface area contributed by atoms with E-state index in [-0.39, 0.29) is 17.6 Å². The van der Waals surface area contributed by atoms with Gasteiger partial charge < -0.3 is 10.2 Å². The molecule has 1 aromatic heterocycles. The van der Waals surface area contributed by atoms with Crippen molar-refractivity contribution >= 4 is 11.8 Å². The van der Waals surface area contributed by atoms with Gasteiger partial charge in [-0.05, 0) is 37.6 Å². The quantitative estimate of drug-likeness (QED) is 0.818. The average Bonchev–Trinajstić information content (AvgIpc) is 3.08. The molecule has 1 fully saturated rings. The van der Waals surface area contributed by atoms with Gasteiger partial charge in [-0.1, -0.05) is 6.92 Å². The zero-order chi connectivity index (χ0) is 20.1. The molecular weight excluding hydrogens is 361 g/mol. The number of nitrogens with one attached hydrogen (secondary N) is 1. The van der Waals surface area contributed by atoms with Crippen molar-refractivity contribution in [3.63, 3.8) is 0 Å². The maximum absolute atomic E-state index is 13.1. The second-order valence-electron chi connectivity index (χ2n) is 6.95. The molecule has 0 saturated carbocycles. The Morgan fingerprint density at radius 1 is 1.14 bits per heavy atom. The van der Waals surface area contributed by atoms with E-state index >= 15 is 0 Å². The van der Waals surface area contributed by atoms with E-state index in [0.29, 0.717) is 50.5 Å². The Morgan fingerprint density at radius 2 is 1.82 bits per heavy atom. The highest BCUT2D eigenvalue weighted by atomic mass is 19.1. The van der Waals surface area contributed by atoms with E-state index in [9.17, 15) is 14.0 Å². The maximum Gasteiger partial charge on any atom is 0.257 e. The zero-order valence-corrected chi connectivity index (χ0v) is 16.3. The fraction of sp³-hybridized carbons (Fsp3) is 0.450. The Balaban J connectivity index is 1.60. The van der Waals surface area contributed by atoms with Gasteiger partial charge in [0.2, 0.25) is 5.91 Å². The summed E-state index contributed by atoms with van der Waals surface area (Å²) in [5.41, 5.74) is 1.97. The van der Waals surface area contributed by atoms with Crippen LogP contribution in [0.15, 0.2) is 30.5 Å². The van der Waals surface area contributed by atoms with Crippen LogP contribution in [0, 0.1) is 12.7 Å². The summed E-state index contributed by atoms with van der Waals surface area (Å²) in [5.74, 6) is -0.356. The predicted molar refractivity (Wildman–Crippen MR) is 104 cm³/mol. The van der Waals surface area contributed by atoms with Crippen LogP contribution in [0.3, 0.4) is 0 Å². The molecule has 1 saturated heterocycles. The molecule has 150 valence electrons. The van der Waals surface area contributed by atoms with E-state index in [1.165, 1.54) is 12.1 Å². The number of nitrogens with zero attached hydrogens (tertiary/aromatic N) is 4. The summed E-state index contributed by atoms with van der Waals surface area (Å²) in [4.78, 5) is 28.6. The number of amides is 2. The van der Waals surface area contributed by atoms with Crippen LogP contribution in [0.25, 0.3) is 5.69 Å². The van der Waals surface area contributed by atoms with E-state index in [2.05, 4.69) is 15.3 Å². The van der Waals surface area contributed by atoms with Crippen molar-refractivity contribution in [3.05, 3.63) is 47.5 Å². The number of halogens is 1. The van der Waals surface area contributed by atoms with Gasteiger partial charge in [0.25, 0.3) is 5.91 Å². The maximum atomic E-state index is 13.1. The summed E-state index contributed by atoms with van der Waals surface area (Å²) in [6.07, 6.45) is 2.48. The first-order valence-electron chi connectivity index (χ1n) is 9.58. The van der Waals surface area contributed by atoms with E-state index in [0.717, 1.165) is 12.1 Å². The number of hydrogen-bond acceptors (Lipinski definition) is 4. The highest BCUT2D eigenvalue weighted by molar-refractivity contribution is 5.95. The number of carbonyl (C=O) groups is 2. The van der Waals surface area contributed by atoms with Gasteiger partial charge in [-0.3, -0.25) is 14.5 Å². The van der Waals surface area contributed by atoms with Crippen molar-refractivity contribution in [1.82, 2.24) is 24.9 Å². The molecule has 0 unspecified atom stereocenters. The topological polar surface area (TPSA) is 70.5 Å². The van der Waals surface area contributed by atoms with Crippen LogP contribution < -0.4 is 5.32 Å². The van der Waals surface area contributed by atoms with Crippen LogP contribution in [0.2, 0.25) is 0 Å². The van der Waals surface area contributed by atoms with Gasteiger partial charge in [-0.2, -0.15) is 5.10 Å². The van der Waals surface area contributed by atoms with Gasteiger partial charge in [0.05, 0.1) is 29.7 Å². The van der Waals surface area contributed by atoms with Crippen molar-refractivity contribution in [1.29, 1.82) is 0 Å². The first-order valence-corrected chi connectivity index (χ1v) is 9.58. The molecule has 1 aromatic carbocycles. The molecule has 1 aliphatic heterocycles. The smallest absolute Gasteiger partial charge is 0.257 e. The molecule has 0 radical (unpaired) electrons. The lowest BCUT2D eigenvalue weighted by Crippen LogP contribution is -2.51. The van der Waals surface area contributed by atoms with Crippen LogP contribution in [-0.2, 0) is 4.79 Å². The van der Waals surface area contributed by atoms with Gasteiger partial charge in [0, 0.05) is 32.7 Å². The van der Waals surface area contributed by atoms with Gasteiger partial charge in [0.1, 0.15) is 5.82 Å². The van der Waals surface area contributed by atoms with Crippen LogP contribution in [0.4, 0.5) is 4.39 Å². The number of hydrogen-bond donors (Lipinski definition) is 1. The molecular formula is C20H26FN5O2. The van der Waals surface area contributed by atoms with E-state index < -0.39 is 0 Å². The van der Waals surface area contributed by atoms with Crippen LogP contribution >= 0.6 is 0 Å². The normalized spacial score (nSPS) is 14.9. The van der Waals surface area contributed by atoms with Crippen LogP contribution in [-0.4, -0.2) is 70.7 Å². The summed E-state index contributed by atoms with van der Waals surface area (Å²) in [7, 11) is 0. The molecule has 7 nitrogen and oxygen atoms in total.